The van der Waals surface area contributed by atoms with Gasteiger partial charge in [0.2, 0.25) is 0 Å². The second-order valence-corrected chi connectivity index (χ2v) is 8.26. The van der Waals surface area contributed by atoms with Gasteiger partial charge in [-0.05, 0) is 18.9 Å². The molecule has 2 atom stereocenters. The molecule has 0 N–H and O–H groups in total. The molecule has 0 aliphatic rings. The first kappa shape index (κ1) is 17.7. The number of rotatable bonds is 6. The van der Waals surface area contributed by atoms with Crippen molar-refractivity contribution in [2.75, 3.05) is 6.26 Å². The van der Waals surface area contributed by atoms with Crippen LogP contribution in [0, 0.1) is 0 Å². The molecule has 0 radical (unpaired) electrons. The second-order valence-electron chi connectivity index (χ2n) is 5.89. The average Bonchev–Trinajstić information content (AvgIpc) is 2.43. The minimum Gasteiger partial charge on any atom is -0.461 e. The summed E-state index contributed by atoms with van der Waals surface area (Å²) in [6.45, 7) is 7.28. The monoisotopic (exact) mass is 312 g/mol. The Morgan fingerprint density at radius 1 is 1.24 bits per heavy atom. The van der Waals surface area contributed by atoms with Gasteiger partial charge >= 0.3 is 5.97 Å². The predicted octanol–water partition coefficient (Wildman–Crippen LogP) is 2.72. The average molecular weight is 312 g/mol. The van der Waals surface area contributed by atoms with Crippen LogP contribution in [-0.4, -0.2) is 32.0 Å². The third-order valence-corrected chi connectivity index (χ3v) is 5.40. The minimum absolute atomic E-state index is 0.378. The van der Waals surface area contributed by atoms with E-state index in [1.807, 2.05) is 51.1 Å². The van der Waals surface area contributed by atoms with Crippen LogP contribution in [0.4, 0.5) is 0 Å². The van der Waals surface area contributed by atoms with Gasteiger partial charge in [0.15, 0.2) is 15.1 Å². The first-order chi connectivity index (χ1) is 9.60. The first-order valence-corrected chi connectivity index (χ1v) is 9.01. The van der Waals surface area contributed by atoms with E-state index in [2.05, 4.69) is 0 Å². The van der Waals surface area contributed by atoms with Crippen molar-refractivity contribution < 1.29 is 17.9 Å². The SMILES string of the molecule is CC[C@@H](OC(=O)[C@H](C)S(C)(=O)=O)C(C)(C)c1ccccc1. The summed E-state index contributed by atoms with van der Waals surface area (Å²) in [6.07, 6.45) is 1.28. The van der Waals surface area contributed by atoms with Crippen LogP contribution < -0.4 is 0 Å². The molecule has 0 fully saturated rings. The van der Waals surface area contributed by atoms with Gasteiger partial charge in [-0.3, -0.25) is 4.79 Å². The van der Waals surface area contributed by atoms with E-state index in [0.717, 1.165) is 11.8 Å². The van der Waals surface area contributed by atoms with Crippen LogP contribution in [0.3, 0.4) is 0 Å². The van der Waals surface area contributed by atoms with Crippen LogP contribution in [0.15, 0.2) is 30.3 Å². The molecule has 1 aromatic rings. The number of carbonyl (C=O) groups is 1. The molecule has 0 spiro atoms. The molecule has 5 heteroatoms. The van der Waals surface area contributed by atoms with Crippen LogP contribution in [-0.2, 0) is 24.8 Å². The lowest BCUT2D eigenvalue weighted by molar-refractivity contribution is -0.151. The maximum Gasteiger partial charge on any atom is 0.324 e. The van der Waals surface area contributed by atoms with Crippen molar-refractivity contribution in [2.24, 2.45) is 0 Å². The van der Waals surface area contributed by atoms with E-state index in [1.165, 1.54) is 6.92 Å². The zero-order valence-corrected chi connectivity index (χ0v) is 14.1. The summed E-state index contributed by atoms with van der Waals surface area (Å²) >= 11 is 0. The van der Waals surface area contributed by atoms with E-state index in [0.29, 0.717) is 6.42 Å². The van der Waals surface area contributed by atoms with E-state index in [9.17, 15) is 13.2 Å². The molecular weight excluding hydrogens is 288 g/mol. The largest absolute Gasteiger partial charge is 0.461 e. The number of ether oxygens (including phenoxy) is 1. The van der Waals surface area contributed by atoms with Crippen LogP contribution in [0.5, 0.6) is 0 Å². The summed E-state index contributed by atoms with van der Waals surface area (Å²) in [5, 5.41) is -1.14. The number of hydrogen-bond acceptors (Lipinski definition) is 4. The molecule has 1 rings (SSSR count). The highest BCUT2D eigenvalue weighted by Gasteiger charge is 2.35. The number of esters is 1. The van der Waals surface area contributed by atoms with Crippen LogP contribution >= 0.6 is 0 Å². The van der Waals surface area contributed by atoms with Gasteiger partial charge in [-0.1, -0.05) is 51.1 Å². The highest BCUT2D eigenvalue weighted by Crippen LogP contribution is 2.31. The molecule has 0 aromatic heterocycles. The van der Waals surface area contributed by atoms with Gasteiger partial charge in [0.25, 0.3) is 0 Å². The molecule has 21 heavy (non-hydrogen) atoms. The summed E-state index contributed by atoms with van der Waals surface area (Å²) < 4.78 is 28.4. The van der Waals surface area contributed by atoms with Gasteiger partial charge < -0.3 is 4.74 Å². The molecule has 0 heterocycles. The maximum absolute atomic E-state index is 12.0. The molecule has 0 saturated heterocycles. The lowest BCUT2D eigenvalue weighted by atomic mass is 9.78. The number of carbonyl (C=O) groups excluding carboxylic acids is 1. The molecule has 0 unspecified atom stereocenters. The highest BCUT2D eigenvalue weighted by molar-refractivity contribution is 7.92. The Balaban J connectivity index is 2.96. The standard InChI is InChI=1S/C16H24O4S/c1-6-14(20-15(17)12(2)21(5,18)19)16(3,4)13-10-8-7-9-11-13/h7-12,14H,6H2,1-5H3/t12-,14+/m0/s1. The summed E-state index contributed by atoms with van der Waals surface area (Å²) in [4.78, 5) is 12.0. The van der Waals surface area contributed by atoms with Gasteiger partial charge in [-0.25, -0.2) is 8.42 Å². The van der Waals surface area contributed by atoms with E-state index >= 15 is 0 Å². The summed E-state index contributed by atoms with van der Waals surface area (Å²) in [5.41, 5.74) is 0.666. The first-order valence-electron chi connectivity index (χ1n) is 7.05. The minimum atomic E-state index is -3.44. The van der Waals surface area contributed by atoms with Gasteiger partial charge in [-0.15, -0.1) is 0 Å². The van der Waals surface area contributed by atoms with Gasteiger partial charge in [-0.2, -0.15) is 0 Å². The zero-order valence-electron chi connectivity index (χ0n) is 13.3. The van der Waals surface area contributed by atoms with E-state index in [1.54, 1.807) is 0 Å². The van der Waals surface area contributed by atoms with Crippen molar-refractivity contribution >= 4 is 15.8 Å². The van der Waals surface area contributed by atoms with Gasteiger partial charge in [0.05, 0.1) is 0 Å². The summed E-state index contributed by atoms with van der Waals surface area (Å²) in [5.74, 6) is -0.687. The number of sulfone groups is 1. The van der Waals surface area contributed by atoms with Crippen LogP contribution in [0.2, 0.25) is 0 Å². The Labute approximate surface area is 127 Å². The van der Waals surface area contributed by atoms with Crippen molar-refractivity contribution in [3.05, 3.63) is 35.9 Å². The van der Waals surface area contributed by atoms with Crippen molar-refractivity contribution in [3.63, 3.8) is 0 Å². The Kier molecular flexibility index (Phi) is 5.56. The second kappa shape index (κ2) is 6.60. The molecule has 4 nitrogen and oxygen atoms in total. The third-order valence-electron chi connectivity index (χ3n) is 3.93. The third kappa shape index (κ3) is 4.30. The highest BCUT2D eigenvalue weighted by atomic mass is 32.2. The Hall–Kier alpha value is -1.36. The normalized spacial score (nSPS) is 15.3. The smallest absolute Gasteiger partial charge is 0.324 e. The summed E-state index contributed by atoms with van der Waals surface area (Å²) in [7, 11) is -3.44. The molecule has 0 bridgehead atoms. The number of hydrogen-bond donors (Lipinski definition) is 0. The zero-order chi connectivity index (χ0) is 16.3. The Morgan fingerprint density at radius 3 is 2.19 bits per heavy atom. The maximum atomic E-state index is 12.0. The van der Waals surface area contributed by atoms with Crippen LogP contribution in [0.1, 0.15) is 39.7 Å². The summed E-state index contributed by atoms with van der Waals surface area (Å²) in [6, 6.07) is 9.76. The quantitative estimate of drug-likeness (QED) is 0.758. The Morgan fingerprint density at radius 2 is 1.76 bits per heavy atom. The fraction of sp³-hybridized carbons (Fsp3) is 0.562. The molecule has 0 saturated carbocycles. The lowest BCUT2D eigenvalue weighted by Crippen LogP contribution is -2.40. The van der Waals surface area contributed by atoms with Crippen molar-refractivity contribution in [2.45, 2.75) is 50.9 Å². The van der Waals surface area contributed by atoms with E-state index < -0.39 is 21.1 Å². The lowest BCUT2D eigenvalue weighted by Gasteiger charge is -2.34. The topological polar surface area (TPSA) is 60.4 Å². The van der Waals surface area contributed by atoms with Gasteiger partial charge in [0.1, 0.15) is 6.10 Å². The van der Waals surface area contributed by atoms with Gasteiger partial charge in [0, 0.05) is 11.7 Å². The van der Waals surface area contributed by atoms with E-state index in [-0.39, 0.29) is 11.5 Å². The molecule has 118 valence electrons. The van der Waals surface area contributed by atoms with E-state index in [4.69, 9.17) is 4.74 Å². The van der Waals surface area contributed by atoms with Crippen molar-refractivity contribution in [1.29, 1.82) is 0 Å². The van der Waals surface area contributed by atoms with Crippen LogP contribution in [0.25, 0.3) is 0 Å². The Bertz CT molecular complexity index is 576. The fourth-order valence-electron chi connectivity index (χ4n) is 2.21. The fourth-order valence-corrected chi connectivity index (χ4v) is 2.61. The molecule has 0 aliphatic heterocycles. The molecule has 0 amide bonds. The molecule has 0 aliphatic carbocycles. The molecule has 1 aromatic carbocycles. The molecular formula is C16H24O4S. The van der Waals surface area contributed by atoms with Crippen molar-refractivity contribution in [1.82, 2.24) is 0 Å². The van der Waals surface area contributed by atoms with Crippen molar-refractivity contribution in [3.8, 4) is 0 Å². The number of benzene rings is 1. The predicted molar refractivity (Wildman–Crippen MR) is 83.9 cm³/mol.